The molecule has 0 amide bonds. The Bertz CT molecular complexity index is 609. The molecule has 0 unspecified atom stereocenters. The van der Waals surface area contributed by atoms with E-state index in [-0.39, 0.29) is 39.3 Å². The van der Waals surface area contributed by atoms with Crippen LogP contribution in [0.3, 0.4) is 0 Å². The Morgan fingerprint density at radius 2 is 1.00 bits per heavy atom. The van der Waals surface area contributed by atoms with Gasteiger partial charge < -0.3 is 24.4 Å². The van der Waals surface area contributed by atoms with Crippen molar-refractivity contribution in [1.29, 1.82) is 0 Å². The van der Waals surface area contributed by atoms with Gasteiger partial charge in [-0.1, -0.05) is 25.0 Å². The maximum atomic E-state index is 11.9. The summed E-state index contributed by atoms with van der Waals surface area (Å²) in [5, 5.41) is 17.1. The van der Waals surface area contributed by atoms with Gasteiger partial charge in [-0.2, -0.15) is 0 Å². The first kappa shape index (κ1) is 30.3. The molecule has 0 rings (SSSR count). The summed E-state index contributed by atoms with van der Waals surface area (Å²) in [6, 6.07) is 0. The van der Waals surface area contributed by atoms with Crippen LogP contribution in [0.2, 0.25) is 0 Å². The van der Waals surface area contributed by atoms with Gasteiger partial charge in [-0.05, 0) is 52.4 Å². The molecule has 0 bridgehead atoms. The summed E-state index contributed by atoms with van der Waals surface area (Å²) in [4.78, 5) is 44.6. The Kier molecular flexibility index (Phi) is 18.3. The Labute approximate surface area is 195 Å². The van der Waals surface area contributed by atoms with Crippen LogP contribution in [0.1, 0.15) is 78.1 Å². The van der Waals surface area contributed by atoms with Gasteiger partial charge in [0, 0.05) is 24.0 Å². The molecule has 0 spiro atoms. The maximum absolute atomic E-state index is 11.9. The number of unbranched alkanes of at least 4 members (excludes halogenated alkanes) is 6. The lowest BCUT2D eigenvalue weighted by Crippen LogP contribution is -2.15. The lowest BCUT2D eigenvalue weighted by atomic mass is 10.1. The molecule has 33 heavy (non-hydrogen) atoms. The molecule has 0 saturated carbocycles. The highest BCUT2D eigenvalue weighted by Crippen LogP contribution is 2.08. The number of rotatable bonds is 20. The smallest absolute Gasteiger partial charge is 0.333 e. The number of carboxylic acid groups (broad SMARTS) is 2. The monoisotopic (exact) mass is 470 g/mol. The third kappa shape index (κ3) is 19.7. The summed E-state index contributed by atoms with van der Waals surface area (Å²) in [6.45, 7) is 3.92. The molecule has 9 heteroatoms. The van der Waals surface area contributed by atoms with Crippen molar-refractivity contribution in [1.82, 2.24) is 0 Å². The van der Waals surface area contributed by atoms with Gasteiger partial charge in [-0.3, -0.25) is 9.59 Å². The molecular formula is C24H38O9. The third-order valence-electron chi connectivity index (χ3n) is 4.66. The van der Waals surface area contributed by atoms with Gasteiger partial charge in [-0.15, -0.1) is 0 Å². The second-order valence-electron chi connectivity index (χ2n) is 7.64. The molecule has 0 radical (unpaired) electrons. The van der Waals surface area contributed by atoms with Crippen molar-refractivity contribution in [2.24, 2.45) is 0 Å². The van der Waals surface area contributed by atoms with Gasteiger partial charge in [0.25, 0.3) is 0 Å². The number of aliphatic carboxylic acids is 2. The fourth-order valence-electron chi connectivity index (χ4n) is 2.71. The Morgan fingerprint density at radius 1 is 0.606 bits per heavy atom. The van der Waals surface area contributed by atoms with Crippen molar-refractivity contribution in [2.45, 2.75) is 78.1 Å². The molecule has 0 aliphatic rings. The van der Waals surface area contributed by atoms with Crippen molar-refractivity contribution in [3.05, 3.63) is 23.3 Å². The zero-order valence-electron chi connectivity index (χ0n) is 19.8. The summed E-state index contributed by atoms with van der Waals surface area (Å²) in [5.74, 6) is -2.43. The number of hydrogen-bond donors (Lipinski definition) is 2. The minimum atomic E-state index is -0.795. The van der Waals surface area contributed by atoms with Crippen molar-refractivity contribution >= 4 is 23.9 Å². The zero-order chi connectivity index (χ0) is 24.9. The van der Waals surface area contributed by atoms with Gasteiger partial charge in [0.1, 0.15) is 13.2 Å². The highest BCUT2D eigenvalue weighted by Gasteiger charge is 2.07. The summed E-state index contributed by atoms with van der Waals surface area (Å²) in [5.41, 5.74) is 1.01. The molecular weight excluding hydrogens is 432 g/mol. The van der Waals surface area contributed by atoms with E-state index in [2.05, 4.69) is 0 Å². The van der Waals surface area contributed by atoms with Gasteiger partial charge in [0.15, 0.2) is 0 Å². The largest absolute Gasteiger partial charge is 0.481 e. The molecule has 0 saturated heterocycles. The normalized spacial score (nSPS) is 11.8. The highest BCUT2D eigenvalue weighted by molar-refractivity contribution is 5.88. The fourth-order valence-corrected chi connectivity index (χ4v) is 2.71. The molecule has 0 aromatic carbocycles. The number of esters is 2. The second kappa shape index (κ2) is 20.0. The SMILES string of the molecule is CC(=CCCCCCC(=O)O)C(=O)OCCOCCOC(=O)C(C)=CCCCCCC(=O)O. The van der Waals surface area contributed by atoms with Gasteiger partial charge in [0.05, 0.1) is 13.2 Å². The predicted octanol–water partition coefficient (Wildman–Crippen LogP) is 4.05. The van der Waals surface area contributed by atoms with E-state index in [9.17, 15) is 19.2 Å². The molecule has 0 atom stereocenters. The van der Waals surface area contributed by atoms with Crippen LogP contribution in [0.15, 0.2) is 23.3 Å². The molecule has 0 aliphatic carbocycles. The molecule has 2 N–H and O–H groups in total. The Morgan fingerprint density at radius 3 is 1.36 bits per heavy atom. The molecule has 0 aromatic rings. The number of carbonyl (C=O) groups excluding carboxylic acids is 2. The summed E-state index contributed by atoms with van der Waals surface area (Å²) in [6.07, 6.45) is 9.79. The minimum absolute atomic E-state index is 0.0946. The van der Waals surface area contributed by atoms with E-state index in [4.69, 9.17) is 24.4 Å². The van der Waals surface area contributed by atoms with Gasteiger partial charge in [-0.25, -0.2) is 9.59 Å². The van der Waals surface area contributed by atoms with E-state index in [1.54, 1.807) is 26.0 Å². The highest BCUT2D eigenvalue weighted by atomic mass is 16.6. The second-order valence-corrected chi connectivity index (χ2v) is 7.64. The van der Waals surface area contributed by atoms with Crippen molar-refractivity contribution in [3.8, 4) is 0 Å². The predicted molar refractivity (Wildman–Crippen MR) is 122 cm³/mol. The lowest BCUT2D eigenvalue weighted by Gasteiger charge is -2.08. The summed E-state index contributed by atoms with van der Waals surface area (Å²) in [7, 11) is 0. The van der Waals surface area contributed by atoms with E-state index in [1.165, 1.54) is 0 Å². The number of carboxylic acids is 2. The molecule has 0 aromatic heterocycles. The molecule has 0 fully saturated rings. The third-order valence-corrected chi connectivity index (χ3v) is 4.66. The van der Waals surface area contributed by atoms with Gasteiger partial charge >= 0.3 is 23.9 Å². The summed E-state index contributed by atoms with van der Waals surface area (Å²) >= 11 is 0. The van der Waals surface area contributed by atoms with E-state index >= 15 is 0 Å². The first-order valence-corrected chi connectivity index (χ1v) is 11.4. The molecule has 0 heterocycles. The first-order chi connectivity index (χ1) is 15.7. The summed E-state index contributed by atoms with van der Waals surface area (Å²) < 4.78 is 15.5. The maximum Gasteiger partial charge on any atom is 0.333 e. The van der Waals surface area contributed by atoms with Crippen molar-refractivity contribution in [3.63, 3.8) is 0 Å². The van der Waals surface area contributed by atoms with Crippen LogP contribution < -0.4 is 0 Å². The van der Waals surface area contributed by atoms with E-state index < -0.39 is 23.9 Å². The molecule has 0 aliphatic heterocycles. The van der Waals surface area contributed by atoms with Crippen LogP contribution in [0.5, 0.6) is 0 Å². The Balaban J connectivity index is 3.74. The fraction of sp³-hybridized carbons (Fsp3) is 0.667. The van der Waals surface area contributed by atoms with Gasteiger partial charge in [0.2, 0.25) is 0 Å². The minimum Gasteiger partial charge on any atom is -0.481 e. The van der Waals surface area contributed by atoms with E-state index in [0.717, 1.165) is 25.7 Å². The lowest BCUT2D eigenvalue weighted by molar-refractivity contribution is -0.142. The number of hydrogen-bond acceptors (Lipinski definition) is 7. The van der Waals surface area contributed by atoms with Crippen LogP contribution >= 0.6 is 0 Å². The van der Waals surface area contributed by atoms with E-state index in [0.29, 0.717) is 36.8 Å². The van der Waals surface area contributed by atoms with Crippen molar-refractivity contribution < 1.29 is 43.6 Å². The van der Waals surface area contributed by atoms with Crippen LogP contribution in [-0.2, 0) is 33.4 Å². The van der Waals surface area contributed by atoms with Crippen LogP contribution in [0, 0.1) is 0 Å². The standard InChI is InChI=1S/C24H38O9/c1-19(11-7-3-5-9-13-21(25)26)23(29)32-17-15-31-16-18-33-24(30)20(2)12-8-4-6-10-14-22(27)28/h11-12H,3-10,13-18H2,1-2H3,(H,25,26)(H,27,28). The first-order valence-electron chi connectivity index (χ1n) is 11.4. The number of ether oxygens (including phenoxy) is 3. The van der Waals surface area contributed by atoms with E-state index in [1.807, 2.05) is 0 Å². The van der Waals surface area contributed by atoms with Crippen molar-refractivity contribution in [2.75, 3.05) is 26.4 Å². The zero-order valence-corrected chi connectivity index (χ0v) is 19.8. The number of carbonyl (C=O) groups is 4. The number of allylic oxidation sites excluding steroid dienone is 2. The quantitative estimate of drug-likeness (QED) is 0.153. The van der Waals surface area contributed by atoms with Crippen LogP contribution in [0.4, 0.5) is 0 Å². The van der Waals surface area contributed by atoms with Crippen LogP contribution in [-0.4, -0.2) is 60.5 Å². The average molecular weight is 471 g/mol. The topological polar surface area (TPSA) is 136 Å². The Hall–Kier alpha value is -2.68. The van der Waals surface area contributed by atoms with Crippen LogP contribution in [0.25, 0.3) is 0 Å². The molecule has 9 nitrogen and oxygen atoms in total. The average Bonchev–Trinajstić information content (AvgIpc) is 2.76. The molecule has 188 valence electrons.